The molecule has 1 saturated carbocycles. The zero-order chi connectivity index (χ0) is 18.0. The van der Waals surface area contributed by atoms with Crippen LogP contribution in [0.15, 0.2) is 6.07 Å². The average molecular weight is 330 g/mol. The summed E-state index contributed by atoms with van der Waals surface area (Å²) in [5.74, 6) is -1.98. The summed E-state index contributed by atoms with van der Waals surface area (Å²) in [6.45, 7) is 7.67. The number of hydrogen-bond donors (Lipinski definition) is 1. The van der Waals surface area contributed by atoms with Gasteiger partial charge in [-0.15, -0.1) is 0 Å². The first-order chi connectivity index (χ1) is 11.3. The van der Waals surface area contributed by atoms with Gasteiger partial charge in [-0.1, -0.05) is 13.0 Å². The van der Waals surface area contributed by atoms with Crippen LogP contribution in [-0.4, -0.2) is 22.5 Å². The maximum absolute atomic E-state index is 12.5. The normalized spacial score (nSPS) is 21.2. The number of aliphatic hydroxyl groups is 1. The number of aliphatic hydroxyl groups excluding tert-OH is 1. The van der Waals surface area contributed by atoms with E-state index in [2.05, 4.69) is 0 Å². The molecule has 1 aromatic carbocycles. The van der Waals surface area contributed by atoms with Crippen LogP contribution in [-0.2, 0) is 21.0 Å². The first-order valence-corrected chi connectivity index (χ1v) is 8.60. The molecule has 1 fully saturated rings. The van der Waals surface area contributed by atoms with E-state index < -0.39 is 5.92 Å². The minimum Gasteiger partial charge on any atom is -0.392 e. The molecule has 1 aromatic rings. The number of rotatable bonds is 5. The highest BCUT2D eigenvalue weighted by molar-refractivity contribution is 6.21. The van der Waals surface area contributed by atoms with Crippen LogP contribution in [0.3, 0.4) is 0 Å². The molecule has 4 heteroatoms. The molecule has 0 unspecified atom stereocenters. The van der Waals surface area contributed by atoms with E-state index in [1.54, 1.807) is 0 Å². The summed E-state index contributed by atoms with van der Waals surface area (Å²) in [5.41, 5.74) is 4.85. The Kier molecular flexibility index (Phi) is 5.70. The van der Waals surface area contributed by atoms with E-state index in [-0.39, 0.29) is 49.1 Å². The van der Waals surface area contributed by atoms with Gasteiger partial charge in [-0.25, -0.2) is 0 Å². The topological polar surface area (TPSA) is 71.4 Å². The molecule has 24 heavy (non-hydrogen) atoms. The Morgan fingerprint density at radius 2 is 1.71 bits per heavy atom. The van der Waals surface area contributed by atoms with Crippen molar-refractivity contribution in [2.45, 2.75) is 65.9 Å². The molecule has 0 atom stereocenters. The van der Waals surface area contributed by atoms with Gasteiger partial charge in [-0.05, 0) is 60.9 Å². The summed E-state index contributed by atoms with van der Waals surface area (Å²) in [6, 6.07) is 2.00. The number of carbonyl (C=O) groups excluding carboxylic acids is 3. The van der Waals surface area contributed by atoms with Crippen LogP contribution in [0, 0.1) is 26.7 Å². The Hall–Kier alpha value is -1.81. The van der Waals surface area contributed by atoms with E-state index >= 15 is 0 Å². The SMILES string of the molecule is CCCC(=O)C1C(=O)CC(c2c(C)cc(C)c(CO)c2C)CC1=O. The molecular weight excluding hydrogens is 304 g/mol. The molecule has 0 aliphatic heterocycles. The molecule has 0 bridgehead atoms. The van der Waals surface area contributed by atoms with Gasteiger partial charge in [0.15, 0.2) is 17.3 Å². The quantitative estimate of drug-likeness (QED) is 0.842. The lowest BCUT2D eigenvalue weighted by Gasteiger charge is -2.29. The number of ketones is 3. The number of Topliss-reactive ketones (excluding diaryl/α,β-unsaturated/α-hetero) is 3. The van der Waals surface area contributed by atoms with Gasteiger partial charge in [-0.3, -0.25) is 14.4 Å². The zero-order valence-corrected chi connectivity index (χ0v) is 14.9. The molecule has 1 N–H and O–H groups in total. The lowest BCUT2D eigenvalue weighted by molar-refractivity contribution is -0.142. The van der Waals surface area contributed by atoms with E-state index in [1.165, 1.54) is 0 Å². The van der Waals surface area contributed by atoms with E-state index in [0.29, 0.717) is 6.42 Å². The van der Waals surface area contributed by atoms with Crippen LogP contribution in [0.4, 0.5) is 0 Å². The minimum absolute atomic E-state index is 0.0584. The zero-order valence-electron chi connectivity index (χ0n) is 14.9. The maximum atomic E-state index is 12.5. The van der Waals surface area contributed by atoms with Crippen LogP contribution in [0.2, 0.25) is 0 Å². The minimum atomic E-state index is -1.05. The molecule has 0 aromatic heterocycles. The van der Waals surface area contributed by atoms with Gasteiger partial charge in [0, 0.05) is 19.3 Å². The van der Waals surface area contributed by atoms with Gasteiger partial charge in [-0.2, -0.15) is 0 Å². The van der Waals surface area contributed by atoms with Gasteiger partial charge in [0.2, 0.25) is 0 Å². The van der Waals surface area contributed by atoms with E-state index in [1.807, 2.05) is 33.8 Å². The van der Waals surface area contributed by atoms with Crippen molar-refractivity contribution in [2.75, 3.05) is 0 Å². The fourth-order valence-electron chi connectivity index (χ4n) is 4.04. The van der Waals surface area contributed by atoms with Crippen molar-refractivity contribution in [3.8, 4) is 0 Å². The largest absolute Gasteiger partial charge is 0.392 e. The van der Waals surface area contributed by atoms with E-state index in [0.717, 1.165) is 27.8 Å². The number of carbonyl (C=O) groups is 3. The second-order valence-electron chi connectivity index (χ2n) is 6.87. The van der Waals surface area contributed by atoms with E-state index in [9.17, 15) is 19.5 Å². The second-order valence-corrected chi connectivity index (χ2v) is 6.87. The molecule has 0 saturated heterocycles. The van der Waals surface area contributed by atoms with Crippen LogP contribution in [0.25, 0.3) is 0 Å². The number of benzene rings is 1. The highest BCUT2D eigenvalue weighted by Gasteiger charge is 2.40. The van der Waals surface area contributed by atoms with Crippen molar-refractivity contribution < 1.29 is 19.5 Å². The van der Waals surface area contributed by atoms with Crippen LogP contribution in [0.1, 0.15) is 66.3 Å². The van der Waals surface area contributed by atoms with Gasteiger partial charge in [0.25, 0.3) is 0 Å². The highest BCUT2D eigenvalue weighted by Crippen LogP contribution is 2.37. The van der Waals surface area contributed by atoms with Gasteiger partial charge >= 0.3 is 0 Å². The predicted molar refractivity (Wildman–Crippen MR) is 92.0 cm³/mol. The molecule has 0 radical (unpaired) electrons. The molecule has 130 valence electrons. The van der Waals surface area contributed by atoms with E-state index in [4.69, 9.17) is 0 Å². The third-order valence-electron chi connectivity index (χ3n) is 5.11. The molecule has 0 heterocycles. The Morgan fingerprint density at radius 1 is 1.12 bits per heavy atom. The lowest BCUT2D eigenvalue weighted by Crippen LogP contribution is -2.38. The van der Waals surface area contributed by atoms with Gasteiger partial charge in [0.1, 0.15) is 5.92 Å². The summed E-state index contributed by atoms with van der Waals surface area (Å²) in [6.07, 6.45) is 1.38. The smallest absolute Gasteiger partial charge is 0.151 e. The maximum Gasteiger partial charge on any atom is 0.151 e. The lowest BCUT2D eigenvalue weighted by atomic mass is 9.72. The summed E-state index contributed by atoms with van der Waals surface area (Å²) < 4.78 is 0. The fourth-order valence-corrected chi connectivity index (χ4v) is 4.04. The molecule has 1 aliphatic rings. The Bertz CT molecular complexity index is 669. The first kappa shape index (κ1) is 18.5. The van der Waals surface area contributed by atoms with Crippen molar-refractivity contribution in [1.82, 2.24) is 0 Å². The summed E-state index contributed by atoms with van der Waals surface area (Å²) in [7, 11) is 0. The molecule has 2 rings (SSSR count). The Balaban J connectivity index is 2.36. The van der Waals surface area contributed by atoms with Gasteiger partial charge in [0.05, 0.1) is 6.61 Å². The van der Waals surface area contributed by atoms with Crippen molar-refractivity contribution in [1.29, 1.82) is 0 Å². The molecular formula is C20H26O4. The average Bonchev–Trinajstić information content (AvgIpc) is 2.46. The van der Waals surface area contributed by atoms with Gasteiger partial charge < -0.3 is 5.11 Å². The van der Waals surface area contributed by atoms with Crippen LogP contribution in [0.5, 0.6) is 0 Å². The summed E-state index contributed by atoms with van der Waals surface area (Å²) >= 11 is 0. The van der Waals surface area contributed by atoms with Crippen molar-refractivity contribution >= 4 is 17.3 Å². The van der Waals surface area contributed by atoms with Crippen molar-refractivity contribution in [2.24, 2.45) is 5.92 Å². The monoisotopic (exact) mass is 330 g/mol. The number of aryl methyl sites for hydroxylation is 2. The van der Waals surface area contributed by atoms with Crippen LogP contribution >= 0.6 is 0 Å². The Labute approximate surface area is 143 Å². The Morgan fingerprint density at radius 3 is 2.21 bits per heavy atom. The molecule has 1 aliphatic carbocycles. The molecule has 4 nitrogen and oxygen atoms in total. The standard InChI is InChI=1S/C20H26O4/c1-5-6-16(22)20-17(23)8-14(9-18(20)24)19-12(3)7-11(2)15(10-21)13(19)4/h7,14,20-21H,5-6,8-10H2,1-4H3. The third kappa shape index (κ3) is 3.34. The fraction of sp³-hybridized carbons (Fsp3) is 0.550. The summed E-state index contributed by atoms with van der Waals surface area (Å²) in [5, 5.41) is 9.61. The predicted octanol–water partition coefficient (Wildman–Crippen LogP) is 3.11. The van der Waals surface area contributed by atoms with Crippen LogP contribution < -0.4 is 0 Å². The highest BCUT2D eigenvalue weighted by atomic mass is 16.3. The second kappa shape index (κ2) is 7.39. The number of hydrogen-bond acceptors (Lipinski definition) is 4. The summed E-state index contributed by atoms with van der Waals surface area (Å²) in [4.78, 5) is 37.0. The first-order valence-electron chi connectivity index (χ1n) is 8.60. The molecule has 0 amide bonds. The third-order valence-corrected chi connectivity index (χ3v) is 5.11. The van der Waals surface area contributed by atoms with Crippen molar-refractivity contribution in [3.63, 3.8) is 0 Å². The van der Waals surface area contributed by atoms with Crippen molar-refractivity contribution in [3.05, 3.63) is 33.9 Å². The molecule has 0 spiro atoms.